The predicted octanol–water partition coefficient (Wildman–Crippen LogP) is 3.15. The Kier molecular flexibility index (Phi) is 5.15. The van der Waals surface area contributed by atoms with Gasteiger partial charge >= 0.3 is 0 Å². The highest BCUT2D eigenvalue weighted by Gasteiger charge is 2.01. The summed E-state index contributed by atoms with van der Waals surface area (Å²) < 4.78 is 2.22. The molecular formula is C5H6Br2ClNS. The third kappa shape index (κ3) is 2.51. The van der Waals surface area contributed by atoms with Gasteiger partial charge in [-0.1, -0.05) is 0 Å². The average molecular weight is 307 g/mol. The maximum atomic E-state index is 5.42. The van der Waals surface area contributed by atoms with E-state index in [1.165, 1.54) is 4.88 Å². The van der Waals surface area contributed by atoms with Crippen molar-refractivity contribution in [3.63, 3.8) is 0 Å². The van der Waals surface area contributed by atoms with Crippen molar-refractivity contribution in [2.24, 2.45) is 5.73 Å². The standard InChI is InChI=1S/C5H5Br2NS.ClH/c6-3-1-5(7)9-4(3)2-8;/h1H,2,8H2;1H. The van der Waals surface area contributed by atoms with Gasteiger partial charge in [0.25, 0.3) is 0 Å². The van der Waals surface area contributed by atoms with Crippen LogP contribution in [0.4, 0.5) is 0 Å². The molecule has 0 saturated heterocycles. The quantitative estimate of drug-likeness (QED) is 0.847. The molecular weight excluding hydrogens is 301 g/mol. The van der Waals surface area contributed by atoms with Crippen molar-refractivity contribution < 1.29 is 0 Å². The van der Waals surface area contributed by atoms with E-state index < -0.39 is 0 Å². The fourth-order valence-corrected chi connectivity index (χ4v) is 3.07. The van der Waals surface area contributed by atoms with E-state index in [0.717, 1.165) is 8.26 Å². The Morgan fingerprint density at radius 2 is 2.10 bits per heavy atom. The first-order valence-electron chi connectivity index (χ1n) is 2.38. The van der Waals surface area contributed by atoms with E-state index in [9.17, 15) is 0 Å². The molecule has 0 unspecified atom stereocenters. The van der Waals surface area contributed by atoms with E-state index in [0.29, 0.717) is 6.54 Å². The topological polar surface area (TPSA) is 26.0 Å². The zero-order valence-corrected chi connectivity index (χ0v) is 9.74. The Morgan fingerprint density at radius 3 is 2.30 bits per heavy atom. The number of thiophene rings is 1. The van der Waals surface area contributed by atoms with Crippen LogP contribution in [0.2, 0.25) is 0 Å². The molecule has 1 aromatic heterocycles. The van der Waals surface area contributed by atoms with Crippen molar-refractivity contribution in [3.05, 3.63) is 19.2 Å². The van der Waals surface area contributed by atoms with Gasteiger partial charge in [0.1, 0.15) is 0 Å². The Labute approximate surface area is 86.7 Å². The lowest BCUT2D eigenvalue weighted by molar-refractivity contribution is 1.10. The fourth-order valence-electron chi connectivity index (χ4n) is 0.515. The second-order valence-electron chi connectivity index (χ2n) is 1.53. The van der Waals surface area contributed by atoms with Crippen LogP contribution in [0.3, 0.4) is 0 Å². The molecule has 0 bridgehead atoms. The molecule has 0 saturated carbocycles. The molecule has 0 atom stereocenters. The third-order valence-corrected chi connectivity index (χ3v) is 3.54. The smallest absolute Gasteiger partial charge is 0.0713 e. The van der Waals surface area contributed by atoms with Crippen LogP contribution in [0.25, 0.3) is 0 Å². The number of hydrogen-bond acceptors (Lipinski definition) is 2. The van der Waals surface area contributed by atoms with Crippen LogP contribution in [0.1, 0.15) is 4.88 Å². The molecule has 1 nitrogen and oxygen atoms in total. The zero-order chi connectivity index (χ0) is 6.85. The van der Waals surface area contributed by atoms with Gasteiger partial charge in [0, 0.05) is 15.9 Å². The second kappa shape index (κ2) is 4.72. The van der Waals surface area contributed by atoms with Gasteiger partial charge in [-0.15, -0.1) is 23.7 Å². The van der Waals surface area contributed by atoms with Gasteiger partial charge in [-0.3, -0.25) is 0 Å². The summed E-state index contributed by atoms with van der Waals surface area (Å²) in [6.45, 7) is 0.608. The van der Waals surface area contributed by atoms with Crippen molar-refractivity contribution in [3.8, 4) is 0 Å². The van der Waals surface area contributed by atoms with E-state index in [-0.39, 0.29) is 12.4 Å². The van der Waals surface area contributed by atoms with Gasteiger partial charge in [0.15, 0.2) is 0 Å². The lowest BCUT2D eigenvalue weighted by Gasteiger charge is -1.86. The molecule has 0 spiro atoms. The average Bonchev–Trinajstić information content (AvgIpc) is 2.10. The molecule has 0 aromatic carbocycles. The van der Waals surface area contributed by atoms with Gasteiger partial charge < -0.3 is 5.73 Å². The largest absolute Gasteiger partial charge is 0.326 e. The highest BCUT2D eigenvalue weighted by atomic mass is 79.9. The van der Waals surface area contributed by atoms with Gasteiger partial charge in [0.05, 0.1) is 3.79 Å². The molecule has 0 aliphatic rings. The van der Waals surface area contributed by atoms with Gasteiger partial charge in [-0.25, -0.2) is 0 Å². The number of hydrogen-bond donors (Lipinski definition) is 1. The van der Waals surface area contributed by atoms with Crippen molar-refractivity contribution in [2.75, 3.05) is 0 Å². The SMILES string of the molecule is Cl.NCc1sc(Br)cc1Br. The summed E-state index contributed by atoms with van der Waals surface area (Å²) >= 11 is 8.39. The lowest BCUT2D eigenvalue weighted by Crippen LogP contribution is -1.92. The van der Waals surface area contributed by atoms with Crippen LogP contribution in [0.5, 0.6) is 0 Å². The van der Waals surface area contributed by atoms with Crippen molar-refractivity contribution in [2.45, 2.75) is 6.54 Å². The summed E-state index contributed by atoms with van der Waals surface area (Å²) in [6.07, 6.45) is 0. The van der Waals surface area contributed by atoms with Crippen LogP contribution in [0, 0.1) is 0 Å². The minimum absolute atomic E-state index is 0. The maximum Gasteiger partial charge on any atom is 0.0713 e. The molecule has 0 aliphatic carbocycles. The molecule has 0 radical (unpaired) electrons. The first-order chi connectivity index (χ1) is 4.24. The van der Waals surface area contributed by atoms with Gasteiger partial charge in [-0.05, 0) is 37.9 Å². The summed E-state index contributed by atoms with van der Waals surface area (Å²) in [5, 5.41) is 0. The van der Waals surface area contributed by atoms with Crippen LogP contribution in [-0.4, -0.2) is 0 Å². The highest BCUT2D eigenvalue weighted by Crippen LogP contribution is 2.30. The minimum atomic E-state index is 0. The predicted molar refractivity (Wildman–Crippen MR) is 54.9 cm³/mol. The van der Waals surface area contributed by atoms with Crippen molar-refractivity contribution in [1.82, 2.24) is 0 Å². The molecule has 2 N–H and O–H groups in total. The molecule has 0 aliphatic heterocycles. The zero-order valence-electron chi connectivity index (χ0n) is 4.93. The lowest BCUT2D eigenvalue weighted by atomic mass is 10.5. The maximum absolute atomic E-state index is 5.42. The number of nitrogens with two attached hydrogens (primary N) is 1. The van der Waals surface area contributed by atoms with E-state index >= 15 is 0 Å². The Morgan fingerprint density at radius 1 is 1.50 bits per heavy atom. The molecule has 0 fully saturated rings. The first kappa shape index (κ1) is 10.9. The highest BCUT2D eigenvalue weighted by molar-refractivity contribution is 9.11. The Bertz CT molecular complexity index is 213. The molecule has 10 heavy (non-hydrogen) atoms. The Hall–Kier alpha value is 0.910. The molecule has 1 heterocycles. The van der Waals surface area contributed by atoms with E-state index in [2.05, 4.69) is 31.9 Å². The van der Waals surface area contributed by atoms with Gasteiger partial charge in [-0.2, -0.15) is 0 Å². The van der Waals surface area contributed by atoms with Crippen molar-refractivity contribution in [1.29, 1.82) is 0 Å². The first-order valence-corrected chi connectivity index (χ1v) is 4.78. The van der Waals surface area contributed by atoms with Crippen LogP contribution in [0.15, 0.2) is 14.3 Å². The third-order valence-electron chi connectivity index (χ3n) is 0.913. The van der Waals surface area contributed by atoms with Crippen LogP contribution in [-0.2, 0) is 6.54 Å². The fraction of sp³-hybridized carbons (Fsp3) is 0.200. The van der Waals surface area contributed by atoms with E-state index in [4.69, 9.17) is 5.73 Å². The minimum Gasteiger partial charge on any atom is -0.326 e. The van der Waals surface area contributed by atoms with E-state index in [1.54, 1.807) is 11.3 Å². The van der Waals surface area contributed by atoms with Crippen molar-refractivity contribution >= 4 is 55.6 Å². The number of rotatable bonds is 1. The summed E-state index contributed by atoms with van der Waals surface area (Å²) in [5.74, 6) is 0. The Balaban J connectivity index is 0.000000810. The number of halogens is 3. The summed E-state index contributed by atoms with van der Waals surface area (Å²) in [6, 6.07) is 2.01. The summed E-state index contributed by atoms with van der Waals surface area (Å²) in [5.41, 5.74) is 5.42. The van der Waals surface area contributed by atoms with Gasteiger partial charge in [0.2, 0.25) is 0 Å². The molecule has 58 valence electrons. The monoisotopic (exact) mass is 305 g/mol. The van der Waals surface area contributed by atoms with Crippen LogP contribution < -0.4 is 5.73 Å². The molecule has 1 rings (SSSR count). The van der Waals surface area contributed by atoms with E-state index in [1.807, 2.05) is 6.07 Å². The summed E-state index contributed by atoms with van der Waals surface area (Å²) in [4.78, 5) is 1.18. The normalized spacial score (nSPS) is 9.10. The molecule has 5 heteroatoms. The molecule has 1 aromatic rings. The summed E-state index contributed by atoms with van der Waals surface area (Å²) in [7, 11) is 0. The van der Waals surface area contributed by atoms with Crippen LogP contribution >= 0.6 is 55.6 Å². The molecule has 0 amide bonds. The second-order valence-corrected chi connectivity index (χ2v) is 4.90.